The molecule has 0 amide bonds. The molecule has 24 heavy (non-hydrogen) atoms. The Balaban J connectivity index is 1.58. The van der Waals surface area contributed by atoms with Crippen LogP contribution in [0.2, 0.25) is 0 Å². The number of alkyl halides is 1. The van der Waals surface area contributed by atoms with E-state index in [2.05, 4.69) is 49.9 Å². The highest BCUT2D eigenvalue weighted by molar-refractivity contribution is 9.08. The first kappa shape index (κ1) is 17.3. The summed E-state index contributed by atoms with van der Waals surface area (Å²) in [6.07, 6.45) is 2.07. The van der Waals surface area contributed by atoms with Crippen LogP contribution in [0, 0.1) is 12.4 Å². The van der Waals surface area contributed by atoms with Crippen LogP contribution in [0.5, 0.6) is 0 Å². The molecule has 1 aliphatic rings. The summed E-state index contributed by atoms with van der Waals surface area (Å²) >= 11 is 5.38. The van der Waals surface area contributed by atoms with E-state index < -0.39 is 0 Å². The van der Waals surface area contributed by atoms with Crippen LogP contribution >= 0.6 is 27.7 Å². The van der Waals surface area contributed by atoms with Crippen molar-refractivity contribution in [2.75, 3.05) is 18.0 Å². The van der Waals surface area contributed by atoms with E-state index in [0.29, 0.717) is 16.6 Å². The van der Waals surface area contributed by atoms with Crippen LogP contribution in [0.25, 0.3) is 4.85 Å². The van der Waals surface area contributed by atoms with Crippen molar-refractivity contribution in [1.29, 1.82) is 0 Å². The lowest BCUT2D eigenvalue weighted by Crippen LogP contribution is -2.35. The quantitative estimate of drug-likeness (QED) is 0.453. The van der Waals surface area contributed by atoms with E-state index in [0.717, 1.165) is 31.3 Å². The number of nitrogens with zero attached hydrogens (tertiary/aromatic N) is 2. The minimum absolute atomic E-state index is 0.292. The molecule has 1 heterocycles. The van der Waals surface area contributed by atoms with Gasteiger partial charge in [0, 0.05) is 28.6 Å². The number of thioether (sulfide) groups is 1. The smallest absolute Gasteiger partial charge is 0.190 e. The average molecular weight is 405 g/mol. The summed E-state index contributed by atoms with van der Waals surface area (Å²) in [5, 5.41) is 1.45. The molecular formula is C19H18BrFN2S. The molecule has 3 rings (SSSR count). The molecule has 1 fully saturated rings. The monoisotopic (exact) mass is 404 g/mol. The van der Waals surface area contributed by atoms with E-state index in [1.165, 1.54) is 16.5 Å². The van der Waals surface area contributed by atoms with Crippen LogP contribution in [0.1, 0.15) is 18.4 Å². The zero-order valence-corrected chi connectivity index (χ0v) is 15.6. The van der Waals surface area contributed by atoms with Crippen LogP contribution < -0.4 is 4.90 Å². The predicted octanol–water partition coefficient (Wildman–Crippen LogP) is 6.03. The third-order valence-corrected chi connectivity index (χ3v) is 6.22. The van der Waals surface area contributed by atoms with Crippen LogP contribution in [-0.4, -0.2) is 18.3 Å². The second-order valence-corrected chi connectivity index (χ2v) is 7.76. The van der Waals surface area contributed by atoms with Crippen LogP contribution in [-0.2, 0) is 5.33 Å². The minimum atomic E-state index is -0.292. The lowest BCUT2D eigenvalue weighted by Gasteiger charge is -2.33. The number of rotatable bonds is 4. The Hall–Kier alpha value is -1.51. The lowest BCUT2D eigenvalue weighted by atomic mass is 10.1. The molecule has 0 aliphatic carbocycles. The predicted molar refractivity (Wildman–Crippen MR) is 103 cm³/mol. The molecule has 2 aromatic carbocycles. The van der Waals surface area contributed by atoms with Crippen molar-refractivity contribution in [3.63, 3.8) is 0 Å². The number of benzene rings is 2. The van der Waals surface area contributed by atoms with Gasteiger partial charge in [-0.05, 0) is 42.7 Å². The molecule has 1 saturated heterocycles. The maximum absolute atomic E-state index is 14.1. The van der Waals surface area contributed by atoms with Crippen molar-refractivity contribution >= 4 is 39.1 Å². The van der Waals surface area contributed by atoms with Crippen LogP contribution in [0.3, 0.4) is 0 Å². The van der Waals surface area contributed by atoms with Gasteiger partial charge in [0.25, 0.3) is 0 Å². The number of hydrogen-bond donors (Lipinski definition) is 0. The molecule has 2 nitrogen and oxygen atoms in total. The van der Waals surface area contributed by atoms with E-state index >= 15 is 0 Å². The Kier molecular flexibility index (Phi) is 5.80. The molecular weight excluding hydrogens is 387 g/mol. The molecule has 0 saturated carbocycles. The Morgan fingerprint density at radius 1 is 1.17 bits per heavy atom. The van der Waals surface area contributed by atoms with Gasteiger partial charge in [-0.2, -0.15) is 0 Å². The van der Waals surface area contributed by atoms with E-state index in [1.54, 1.807) is 12.1 Å². The highest BCUT2D eigenvalue weighted by Crippen LogP contribution is 2.33. The molecule has 5 heteroatoms. The first-order valence-electron chi connectivity index (χ1n) is 7.93. The van der Waals surface area contributed by atoms with Gasteiger partial charge in [-0.3, -0.25) is 0 Å². The summed E-state index contributed by atoms with van der Waals surface area (Å²) in [4.78, 5) is 6.66. The number of hydrogen-bond acceptors (Lipinski definition) is 2. The van der Waals surface area contributed by atoms with Gasteiger partial charge in [0.1, 0.15) is 5.82 Å². The maximum Gasteiger partial charge on any atom is 0.190 e. The van der Waals surface area contributed by atoms with E-state index in [1.807, 2.05) is 11.8 Å². The summed E-state index contributed by atoms with van der Waals surface area (Å²) in [6.45, 7) is 8.66. The van der Waals surface area contributed by atoms with Crippen molar-refractivity contribution in [2.24, 2.45) is 0 Å². The molecule has 124 valence electrons. The summed E-state index contributed by atoms with van der Waals surface area (Å²) in [5.41, 5.74) is 2.26. The fraction of sp³-hybridized carbons (Fsp3) is 0.316. The first-order chi connectivity index (χ1) is 11.7. The topological polar surface area (TPSA) is 7.60 Å². The van der Waals surface area contributed by atoms with Crippen molar-refractivity contribution in [1.82, 2.24) is 0 Å². The maximum atomic E-state index is 14.1. The van der Waals surface area contributed by atoms with Gasteiger partial charge in [-0.15, -0.1) is 11.8 Å². The summed E-state index contributed by atoms with van der Waals surface area (Å²) in [5.74, 6) is -0.292. The largest absolute Gasteiger partial charge is 0.369 e. The van der Waals surface area contributed by atoms with Crippen molar-refractivity contribution in [3.8, 4) is 0 Å². The third kappa shape index (κ3) is 4.12. The zero-order chi connectivity index (χ0) is 16.9. The fourth-order valence-corrected chi connectivity index (χ4v) is 4.38. The van der Waals surface area contributed by atoms with E-state index in [4.69, 9.17) is 6.57 Å². The summed E-state index contributed by atoms with van der Waals surface area (Å²) < 4.78 is 14.1. The van der Waals surface area contributed by atoms with E-state index in [-0.39, 0.29) is 5.82 Å². The van der Waals surface area contributed by atoms with Gasteiger partial charge in [0.05, 0.1) is 12.3 Å². The second kappa shape index (κ2) is 8.04. The number of piperidine rings is 1. The Morgan fingerprint density at radius 2 is 1.88 bits per heavy atom. The first-order valence-corrected chi connectivity index (χ1v) is 9.93. The van der Waals surface area contributed by atoms with E-state index in [9.17, 15) is 4.39 Å². The highest BCUT2D eigenvalue weighted by Gasteiger charge is 2.22. The minimum Gasteiger partial charge on any atom is -0.369 e. The lowest BCUT2D eigenvalue weighted by molar-refractivity contribution is 0.566. The van der Waals surface area contributed by atoms with Crippen molar-refractivity contribution < 1.29 is 4.39 Å². The average Bonchev–Trinajstić information content (AvgIpc) is 2.63. The van der Waals surface area contributed by atoms with Crippen molar-refractivity contribution in [2.45, 2.75) is 28.3 Å². The molecule has 0 unspecified atom stereocenters. The van der Waals surface area contributed by atoms with Crippen LogP contribution in [0.15, 0.2) is 47.4 Å². The van der Waals surface area contributed by atoms with Gasteiger partial charge >= 0.3 is 0 Å². The SMILES string of the molecule is [C-]#[N+]c1ccc(N2CCC(Sc3ccc(CBr)cc3)CC2)c(F)c1. The molecule has 0 aromatic heterocycles. The molecule has 0 N–H and O–H groups in total. The van der Waals surface area contributed by atoms with Gasteiger partial charge in [-0.25, -0.2) is 9.24 Å². The van der Waals surface area contributed by atoms with Gasteiger partial charge in [-0.1, -0.05) is 34.1 Å². The molecule has 1 aliphatic heterocycles. The number of anilines is 1. The Morgan fingerprint density at radius 3 is 2.46 bits per heavy atom. The molecule has 0 atom stereocenters. The third-order valence-electron chi connectivity index (χ3n) is 4.22. The molecule has 0 bridgehead atoms. The second-order valence-electron chi connectivity index (χ2n) is 5.83. The standard InChI is InChI=1S/C19H18BrFN2S/c1-22-15-4-7-19(18(21)12-15)23-10-8-17(9-11-23)24-16-5-2-14(13-20)3-6-16/h2-7,12,17H,8-11,13H2. The molecule has 0 radical (unpaired) electrons. The van der Waals surface area contributed by atoms with Gasteiger partial charge in [0.15, 0.2) is 5.69 Å². The van der Waals surface area contributed by atoms with Crippen molar-refractivity contribution in [3.05, 3.63) is 65.3 Å². The van der Waals surface area contributed by atoms with Gasteiger partial charge in [0.2, 0.25) is 0 Å². The summed E-state index contributed by atoms with van der Waals surface area (Å²) in [6, 6.07) is 13.4. The normalized spacial score (nSPS) is 15.3. The highest BCUT2D eigenvalue weighted by atomic mass is 79.9. The Labute approximate surface area is 155 Å². The summed E-state index contributed by atoms with van der Waals surface area (Å²) in [7, 11) is 0. The van der Waals surface area contributed by atoms with Crippen LogP contribution in [0.4, 0.5) is 15.8 Å². The Bertz CT molecular complexity index is 734. The zero-order valence-electron chi connectivity index (χ0n) is 13.2. The molecule has 0 spiro atoms. The molecule has 2 aromatic rings. The number of halogens is 2. The fourth-order valence-electron chi connectivity index (χ4n) is 2.89. The van der Waals surface area contributed by atoms with Gasteiger partial charge < -0.3 is 4.90 Å².